The van der Waals surface area contributed by atoms with E-state index in [4.69, 9.17) is 5.73 Å². The highest BCUT2D eigenvalue weighted by Gasteiger charge is 2.49. The fourth-order valence-corrected chi connectivity index (χ4v) is 1.47. The average molecular weight is 206 g/mol. The van der Waals surface area contributed by atoms with Crippen LogP contribution in [0, 0.1) is 5.92 Å². The zero-order valence-electron chi connectivity index (χ0n) is 8.02. The third-order valence-electron chi connectivity index (χ3n) is 2.52. The first-order valence-electron chi connectivity index (χ1n) is 4.22. The van der Waals surface area contributed by atoms with Gasteiger partial charge in [0.15, 0.2) is 0 Å². The Kier molecular flexibility index (Phi) is 2.63. The quantitative estimate of drug-likeness (QED) is 0.683. The molecule has 0 aromatic rings. The second-order valence-corrected chi connectivity index (χ2v) is 3.55. The monoisotopic (exact) mass is 206 g/mol. The molecule has 0 fully saturated rings. The van der Waals surface area contributed by atoms with Gasteiger partial charge in [0.2, 0.25) is 0 Å². The van der Waals surface area contributed by atoms with E-state index in [0.29, 0.717) is 0 Å². The van der Waals surface area contributed by atoms with E-state index in [0.717, 1.165) is 6.08 Å². The van der Waals surface area contributed by atoms with Crippen molar-refractivity contribution in [2.75, 3.05) is 7.05 Å². The first kappa shape index (κ1) is 11.1. The predicted octanol–water partition coefficient (Wildman–Crippen LogP) is 1.56. The van der Waals surface area contributed by atoms with Crippen LogP contribution in [0.4, 0.5) is 13.2 Å². The molecule has 1 rings (SSSR count). The van der Waals surface area contributed by atoms with E-state index in [-0.39, 0.29) is 5.70 Å². The molecule has 1 aliphatic rings. The van der Waals surface area contributed by atoms with Crippen LogP contribution in [0.1, 0.15) is 6.92 Å². The van der Waals surface area contributed by atoms with E-state index >= 15 is 0 Å². The molecular weight excluding hydrogens is 193 g/mol. The maximum Gasteiger partial charge on any atom is 0.397 e. The maximum atomic E-state index is 12.6. The molecule has 14 heavy (non-hydrogen) atoms. The van der Waals surface area contributed by atoms with Crippen molar-refractivity contribution in [1.82, 2.24) is 5.32 Å². The van der Waals surface area contributed by atoms with Gasteiger partial charge in [0, 0.05) is 11.2 Å². The molecule has 0 amide bonds. The van der Waals surface area contributed by atoms with Gasteiger partial charge in [-0.2, -0.15) is 13.2 Å². The summed E-state index contributed by atoms with van der Waals surface area (Å²) in [5.41, 5.74) is 4.39. The molecule has 0 heterocycles. The molecule has 0 aromatic heterocycles. The Hall–Kier alpha value is -0.970. The number of alkyl halides is 3. The summed E-state index contributed by atoms with van der Waals surface area (Å²) in [5, 5.41) is 2.65. The topological polar surface area (TPSA) is 38.0 Å². The zero-order valence-corrected chi connectivity index (χ0v) is 8.02. The smallest absolute Gasteiger partial charge is 0.397 e. The van der Waals surface area contributed by atoms with Crippen molar-refractivity contribution in [2.45, 2.75) is 18.6 Å². The van der Waals surface area contributed by atoms with Crippen LogP contribution >= 0.6 is 0 Å². The van der Waals surface area contributed by atoms with Gasteiger partial charge in [-0.05, 0) is 26.1 Å². The minimum atomic E-state index is -4.28. The summed E-state index contributed by atoms with van der Waals surface area (Å²) in [7, 11) is 1.50. The van der Waals surface area contributed by atoms with Gasteiger partial charge in [0.25, 0.3) is 0 Å². The van der Waals surface area contributed by atoms with Crippen LogP contribution in [0.2, 0.25) is 0 Å². The van der Waals surface area contributed by atoms with Crippen molar-refractivity contribution in [1.29, 1.82) is 0 Å². The molecule has 0 saturated heterocycles. The number of nitrogens with one attached hydrogen (secondary N) is 1. The second kappa shape index (κ2) is 3.31. The highest BCUT2D eigenvalue weighted by molar-refractivity contribution is 5.30. The van der Waals surface area contributed by atoms with Gasteiger partial charge in [0.05, 0.1) is 5.92 Å². The van der Waals surface area contributed by atoms with Gasteiger partial charge in [-0.25, -0.2) is 0 Å². The van der Waals surface area contributed by atoms with Gasteiger partial charge in [-0.3, -0.25) is 0 Å². The molecular formula is C9H13F3N2. The molecule has 0 radical (unpaired) electrons. The summed E-state index contributed by atoms with van der Waals surface area (Å²) in [6.45, 7) is 1.49. The molecule has 0 aliphatic heterocycles. The minimum absolute atomic E-state index is 0.153. The summed E-state index contributed by atoms with van der Waals surface area (Å²) in [6.07, 6.45) is -0.317. The first-order valence-corrected chi connectivity index (χ1v) is 4.22. The predicted molar refractivity (Wildman–Crippen MR) is 48.4 cm³/mol. The lowest BCUT2D eigenvalue weighted by Gasteiger charge is -2.36. The standard InChI is InChI=1S/C9H13F3N2/c1-8(14-2)4-3-6(13)5-7(8)9(10,11)12/h3-5,7,14H,13H2,1-2H3. The van der Waals surface area contributed by atoms with Crippen molar-refractivity contribution in [2.24, 2.45) is 11.7 Å². The first-order chi connectivity index (χ1) is 6.29. The summed E-state index contributed by atoms with van der Waals surface area (Å²) in [5.74, 6) is -1.58. The molecule has 0 aromatic carbocycles. The van der Waals surface area contributed by atoms with Crippen LogP contribution in [0.25, 0.3) is 0 Å². The lowest BCUT2D eigenvalue weighted by Crippen LogP contribution is -2.51. The van der Waals surface area contributed by atoms with Crippen LogP contribution in [0.5, 0.6) is 0 Å². The molecule has 3 N–H and O–H groups in total. The van der Waals surface area contributed by atoms with Gasteiger partial charge >= 0.3 is 6.18 Å². The Morgan fingerprint density at radius 1 is 1.50 bits per heavy atom. The molecule has 80 valence electrons. The lowest BCUT2D eigenvalue weighted by atomic mass is 9.81. The number of hydrogen-bond acceptors (Lipinski definition) is 2. The Balaban J connectivity index is 3.06. The summed E-state index contributed by atoms with van der Waals surface area (Å²) < 4.78 is 37.9. The Morgan fingerprint density at radius 3 is 2.50 bits per heavy atom. The Labute approximate surface area is 80.7 Å². The average Bonchev–Trinajstić information content (AvgIpc) is 2.08. The second-order valence-electron chi connectivity index (χ2n) is 3.55. The number of likely N-dealkylation sites (N-methyl/N-ethyl adjacent to an activating group) is 1. The number of rotatable bonds is 1. The van der Waals surface area contributed by atoms with Crippen LogP contribution < -0.4 is 11.1 Å². The molecule has 5 heteroatoms. The maximum absolute atomic E-state index is 12.6. The van der Waals surface area contributed by atoms with Gasteiger partial charge in [0.1, 0.15) is 0 Å². The fraction of sp³-hybridized carbons (Fsp3) is 0.556. The molecule has 0 saturated carbocycles. The Morgan fingerprint density at radius 2 is 2.07 bits per heavy atom. The minimum Gasteiger partial charge on any atom is -0.399 e. The largest absolute Gasteiger partial charge is 0.399 e. The van der Waals surface area contributed by atoms with Crippen LogP contribution in [-0.2, 0) is 0 Å². The highest BCUT2D eigenvalue weighted by atomic mass is 19.4. The normalized spacial score (nSPS) is 32.9. The fourth-order valence-electron chi connectivity index (χ4n) is 1.47. The van der Waals surface area contributed by atoms with Crippen molar-refractivity contribution >= 4 is 0 Å². The number of allylic oxidation sites excluding steroid dienone is 1. The molecule has 0 bridgehead atoms. The van der Waals surface area contributed by atoms with Gasteiger partial charge in [-0.15, -0.1) is 0 Å². The SMILES string of the molecule is CNC1(C)C=CC(N)=CC1C(F)(F)F. The lowest BCUT2D eigenvalue weighted by molar-refractivity contribution is -0.174. The number of hydrogen-bond donors (Lipinski definition) is 2. The molecule has 2 atom stereocenters. The van der Waals surface area contributed by atoms with Gasteiger partial charge in [-0.1, -0.05) is 6.08 Å². The van der Waals surface area contributed by atoms with E-state index in [1.54, 1.807) is 0 Å². The van der Waals surface area contributed by atoms with Crippen LogP contribution in [-0.4, -0.2) is 18.8 Å². The zero-order chi connectivity index (χ0) is 11.0. The van der Waals surface area contributed by atoms with Crippen LogP contribution in [0.3, 0.4) is 0 Å². The van der Waals surface area contributed by atoms with Crippen molar-refractivity contribution in [3.8, 4) is 0 Å². The number of nitrogens with two attached hydrogens (primary N) is 1. The van der Waals surface area contributed by atoms with E-state index < -0.39 is 17.6 Å². The number of halogens is 3. The summed E-state index contributed by atoms with van der Waals surface area (Å²) in [4.78, 5) is 0. The van der Waals surface area contributed by atoms with Gasteiger partial charge < -0.3 is 11.1 Å². The van der Waals surface area contributed by atoms with E-state index in [2.05, 4.69) is 5.32 Å². The molecule has 1 aliphatic carbocycles. The molecule has 2 nitrogen and oxygen atoms in total. The van der Waals surface area contributed by atoms with Crippen molar-refractivity contribution in [3.05, 3.63) is 23.9 Å². The van der Waals surface area contributed by atoms with Crippen molar-refractivity contribution < 1.29 is 13.2 Å². The van der Waals surface area contributed by atoms with E-state index in [1.165, 1.54) is 26.1 Å². The summed E-state index contributed by atoms with van der Waals surface area (Å²) in [6, 6.07) is 0. The Bertz CT molecular complexity index is 280. The third kappa shape index (κ3) is 1.92. The van der Waals surface area contributed by atoms with Crippen LogP contribution in [0.15, 0.2) is 23.9 Å². The van der Waals surface area contributed by atoms with Crippen molar-refractivity contribution in [3.63, 3.8) is 0 Å². The van der Waals surface area contributed by atoms with E-state index in [1.807, 2.05) is 0 Å². The van der Waals surface area contributed by atoms with E-state index in [9.17, 15) is 13.2 Å². The molecule has 2 unspecified atom stereocenters. The third-order valence-corrected chi connectivity index (χ3v) is 2.52. The highest BCUT2D eigenvalue weighted by Crippen LogP contribution is 2.38. The summed E-state index contributed by atoms with van der Waals surface area (Å²) >= 11 is 0. The molecule has 0 spiro atoms.